The maximum absolute atomic E-state index is 11.9. The average Bonchev–Trinajstić information content (AvgIpc) is 2.99. The van der Waals surface area contributed by atoms with Gasteiger partial charge in [-0.05, 0) is 57.9 Å². The Kier molecular flexibility index (Phi) is 6.48. The summed E-state index contributed by atoms with van der Waals surface area (Å²) in [4.78, 5) is 13.2. The molecule has 0 saturated heterocycles. The molecule has 1 amide bonds. The van der Waals surface area contributed by atoms with Crippen molar-refractivity contribution in [1.29, 1.82) is 0 Å². The van der Waals surface area contributed by atoms with Crippen LogP contribution in [-0.4, -0.2) is 24.3 Å². The zero-order valence-electron chi connectivity index (χ0n) is 14.7. The number of alkyl carbamates (subject to hydrolysis) is 1. The second-order valence-corrected chi connectivity index (χ2v) is 8.42. The Morgan fingerprint density at radius 3 is 2.78 bits per heavy atom. The summed E-state index contributed by atoms with van der Waals surface area (Å²) in [6, 6.07) is 5.09. The van der Waals surface area contributed by atoms with Crippen molar-refractivity contribution in [1.82, 2.24) is 10.6 Å². The second kappa shape index (κ2) is 8.15. The standard InChI is InChI=1S/C18H30N2O2S/c1-13(16-10-7-11-23-16)20-15-9-6-5-8-14(15)12-19-17(21)22-18(2,3)4/h7,10-11,13-15,20H,5-6,8-9,12H2,1-4H3,(H,19,21)/t13-,14?,15?/m1/s1. The molecule has 23 heavy (non-hydrogen) atoms. The molecule has 1 fully saturated rings. The summed E-state index contributed by atoms with van der Waals surface area (Å²) >= 11 is 1.79. The molecule has 1 heterocycles. The van der Waals surface area contributed by atoms with E-state index in [2.05, 4.69) is 35.1 Å². The molecule has 4 nitrogen and oxygen atoms in total. The van der Waals surface area contributed by atoms with E-state index >= 15 is 0 Å². The maximum atomic E-state index is 11.9. The van der Waals surface area contributed by atoms with Crippen LogP contribution in [0.15, 0.2) is 17.5 Å². The number of ether oxygens (including phenoxy) is 1. The van der Waals surface area contributed by atoms with E-state index in [0.29, 0.717) is 24.5 Å². The van der Waals surface area contributed by atoms with Gasteiger partial charge in [0.25, 0.3) is 0 Å². The fourth-order valence-corrected chi connectivity index (χ4v) is 3.88. The number of carbonyl (C=O) groups is 1. The number of hydrogen-bond donors (Lipinski definition) is 2. The summed E-state index contributed by atoms with van der Waals surface area (Å²) in [6.07, 6.45) is 4.53. The van der Waals surface area contributed by atoms with Gasteiger partial charge in [0.2, 0.25) is 0 Å². The van der Waals surface area contributed by atoms with Gasteiger partial charge in [0.1, 0.15) is 5.60 Å². The third kappa shape index (κ3) is 6.15. The molecule has 0 radical (unpaired) electrons. The minimum absolute atomic E-state index is 0.312. The molecule has 0 bridgehead atoms. The van der Waals surface area contributed by atoms with Crippen molar-refractivity contribution in [2.24, 2.45) is 5.92 Å². The van der Waals surface area contributed by atoms with E-state index in [-0.39, 0.29) is 6.09 Å². The van der Waals surface area contributed by atoms with Gasteiger partial charge < -0.3 is 15.4 Å². The average molecular weight is 339 g/mol. The first-order chi connectivity index (χ1) is 10.8. The SMILES string of the molecule is C[C@@H](NC1CCCCC1CNC(=O)OC(C)(C)C)c1cccs1. The molecule has 0 aromatic carbocycles. The van der Waals surface area contributed by atoms with Gasteiger partial charge in [-0.1, -0.05) is 18.9 Å². The van der Waals surface area contributed by atoms with E-state index in [1.165, 1.54) is 24.1 Å². The first kappa shape index (κ1) is 18.3. The molecular formula is C18H30N2O2S. The Hall–Kier alpha value is -1.07. The van der Waals surface area contributed by atoms with Crippen LogP contribution in [0.2, 0.25) is 0 Å². The minimum Gasteiger partial charge on any atom is -0.444 e. The summed E-state index contributed by atoms with van der Waals surface area (Å²) in [6.45, 7) is 8.57. The van der Waals surface area contributed by atoms with Crippen LogP contribution in [0, 0.1) is 5.92 Å². The highest BCUT2D eigenvalue weighted by atomic mass is 32.1. The lowest BCUT2D eigenvalue weighted by Crippen LogP contribution is -2.45. The van der Waals surface area contributed by atoms with Crippen LogP contribution >= 0.6 is 11.3 Å². The molecule has 2 rings (SSSR count). The summed E-state index contributed by atoms with van der Waals surface area (Å²) in [5, 5.41) is 8.83. The van der Waals surface area contributed by atoms with Crippen molar-refractivity contribution in [2.45, 2.75) is 71.1 Å². The molecule has 0 spiro atoms. The van der Waals surface area contributed by atoms with Crippen LogP contribution in [0.5, 0.6) is 0 Å². The molecule has 1 aliphatic carbocycles. The lowest BCUT2D eigenvalue weighted by Gasteiger charge is -2.34. The van der Waals surface area contributed by atoms with Crippen LogP contribution in [-0.2, 0) is 4.74 Å². The Balaban J connectivity index is 1.84. The quantitative estimate of drug-likeness (QED) is 0.832. The highest BCUT2D eigenvalue weighted by Crippen LogP contribution is 2.27. The lowest BCUT2D eigenvalue weighted by atomic mass is 9.84. The van der Waals surface area contributed by atoms with Gasteiger partial charge in [0, 0.05) is 23.5 Å². The van der Waals surface area contributed by atoms with E-state index < -0.39 is 5.60 Å². The largest absolute Gasteiger partial charge is 0.444 e. The molecule has 0 aliphatic heterocycles. The molecule has 1 saturated carbocycles. The number of amides is 1. The number of nitrogens with one attached hydrogen (secondary N) is 2. The fraction of sp³-hybridized carbons (Fsp3) is 0.722. The number of hydrogen-bond acceptors (Lipinski definition) is 4. The highest BCUT2D eigenvalue weighted by molar-refractivity contribution is 7.10. The molecule has 130 valence electrons. The van der Waals surface area contributed by atoms with E-state index in [4.69, 9.17) is 4.74 Å². The molecular weight excluding hydrogens is 308 g/mol. The first-order valence-corrected chi connectivity index (χ1v) is 9.49. The Labute approximate surface area is 144 Å². The fourth-order valence-electron chi connectivity index (χ4n) is 3.14. The van der Waals surface area contributed by atoms with Crippen molar-refractivity contribution in [3.05, 3.63) is 22.4 Å². The van der Waals surface area contributed by atoms with E-state index in [1.807, 2.05) is 20.8 Å². The molecule has 1 aliphatic rings. The van der Waals surface area contributed by atoms with Crippen LogP contribution in [0.1, 0.15) is 64.3 Å². The molecule has 5 heteroatoms. The van der Waals surface area contributed by atoms with Crippen molar-refractivity contribution in [3.8, 4) is 0 Å². The van der Waals surface area contributed by atoms with Gasteiger partial charge in [-0.15, -0.1) is 11.3 Å². The van der Waals surface area contributed by atoms with Crippen LogP contribution in [0.3, 0.4) is 0 Å². The van der Waals surface area contributed by atoms with Gasteiger partial charge in [-0.2, -0.15) is 0 Å². The van der Waals surface area contributed by atoms with Gasteiger partial charge in [0.05, 0.1) is 0 Å². The highest BCUT2D eigenvalue weighted by Gasteiger charge is 2.27. The molecule has 1 aromatic rings. The Morgan fingerprint density at radius 2 is 2.13 bits per heavy atom. The molecule has 1 aromatic heterocycles. The van der Waals surface area contributed by atoms with Crippen molar-refractivity contribution in [2.75, 3.05) is 6.54 Å². The predicted octanol–water partition coefficient (Wildman–Crippen LogP) is 4.48. The minimum atomic E-state index is -0.442. The third-order valence-corrected chi connectivity index (χ3v) is 5.31. The topological polar surface area (TPSA) is 50.4 Å². The van der Waals surface area contributed by atoms with E-state index in [0.717, 1.165) is 6.42 Å². The molecule has 2 unspecified atom stereocenters. The second-order valence-electron chi connectivity index (χ2n) is 7.44. The van der Waals surface area contributed by atoms with E-state index in [1.54, 1.807) is 11.3 Å². The summed E-state index contributed by atoms with van der Waals surface area (Å²) in [5.41, 5.74) is -0.442. The van der Waals surface area contributed by atoms with Crippen LogP contribution in [0.25, 0.3) is 0 Å². The molecule has 3 atom stereocenters. The third-order valence-electron chi connectivity index (χ3n) is 4.25. The van der Waals surface area contributed by atoms with Gasteiger partial charge >= 0.3 is 6.09 Å². The Bertz CT molecular complexity index is 482. The summed E-state index contributed by atoms with van der Waals surface area (Å²) < 4.78 is 5.34. The van der Waals surface area contributed by atoms with Crippen molar-refractivity contribution >= 4 is 17.4 Å². The normalized spacial score (nSPS) is 23.3. The van der Waals surface area contributed by atoms with Crippen molar-refractivity contribution < 1.29 is 9.53 Å². The van der Waals surface area contributed by atoms with Gasteiger partial charge in [-0.3, -0.25) is 0 Å². The zero-order valence-corrected chi connectivity index (χ0v) is 15.5. The Morgan fingerprint density at radius 1 is 1.39 bits per heavy atom. The zero-order chi connectivity index (χ0) is 16.9. The smallest absolute Gasteiger partial charge is 0.407 e. The maximum Gasteiger partial charge on any atom is 0.407 e. The monoisotopic (exact) mass is 338 g/mol. The predicted molar refractivity (Wildman–Crippen MR) is 95.9 cm³/mol. The van der Waals surface area contributed by atoms with Crippen LogP contribution < -0.4 is 10.6 Å². The number of rotatable bonds is 5. The summed E-state index contributed by atoms with van der Waals surface area (Å²) in [7, 11) is 0. The van der Waals surface area contributed by atoms with E-state index in [9.17, 15) is 4.79 Å². The van der Waals surface area contributed by atoms with Crippen molar-refractivity contribution in [3.63, 3.8) is 0 Å². The van der Waals surface area contributed by atoms with Crippen LogP contribution in [0.4, 0.5) is 4.79 Å². The number of thiophene rings is 1. The first-order valence-electron chi connectivity index (χ1n) is 8.61. The van der Waals surface area contributed by atoms with Gasteiger partial charge in [-0.25, -0.2) is 4.79 Å². The van der Waals surface area contributed by atoms with Gasteiger partial charge in [0.15, 0.2) is 0 Å². The lowest BCUT2D eigenvalue weighted by molar-refractivity contribution is 0.0510. The summed E-state index contributed by atoms with van der Waals surface area (Å²) in [5.74, 6) is 0.471. The number of carbonyl (C=O) groups excluding carboxylic acids is 1. The molecule has 2 N–H and O–H groups in total.